The molecule has 0 saturated carbocycles. The van der Waals surface area contributed by atoms with Gasteiger partial charge in [-0.25, -0.2) is 0 Å². The van der Waals surface area contributed by atoms with Crippen LogP contribution in [0.15, 0.2) is 18.2 Å². The normalized spacial score (nSPS) is 10.9. The summed E-state index contributed by atoms with van der Waals surface area (Å²) in [4.78, 5) is 0. The topological polar surface area (TPSA) is 61.8 Å². The molecule has 0 saturated heterocycles. The van der Waals surface area contributed by atoms with Crippen LogP contribution in [0, 0.1) is 11.3 Å². The summed E-state index contributed by atoms with van der Waals surface area (Å²) in [5.74, 6) is -0.111. The van der Waals surface area contributed by atoms with Gasteiger partial charge in [0.15, 0.2) is 0 Å². The summed E-state index contributed by atoms with van der Waals surface area (Å²) in [6, 6.07) is 6.52. The van der Waals surface area contributed by atoms with Gasteiger partial charge in [-0.2, -0.15) is 18.4 Å². The summed E-state index contributed by atoms with van der Waals surface area (Å²) in [6.07, 6.45) is 0. The van der Waals surface area contributed by atoms with Crippen molar-refractivity contribution in [1.82, 2.24) is 0 Å². The van der Waals surface area contributed by atoms with E-state index in [1.807, 2.05) is 6.07 Å². The molecule has 0 bridgehead atoms. The van der Waals surface area contributed by atoms with Crippen molar-refractivity contribution < 1.29 is 13.2 Å². The van der Waals surface area contributed by atoms with Gasteiger partial charge in [0.2, 0.25) is 0 Å². The zero-order chi connectivity index (χ0) is 12.9. The molecule has 0 radical (unpaired) electrons. The third-order valence-electron chi connectivity index (χ3n) is 1.87. The number of hydrogen-bond acceptors (Lipinski definition) is 4. The zero-order valence-corrected chi connectivity index (χ0v) is 9.53. The Bertz CT molecular complexity index is 426. The molecule has 17 heavy (non-hydrogen) atoms. The standard InChI is InChI=1S/C10H10F3N3S/c11-10(12,13)17-4-3-16-9-5-7(6-14)1-2-8(9)15/h1-2,5,16H,3-4,15H2. The van der Waals surface area contributed by atoms with Gasteiger partial charge < -0.3 is 11.1 Å². The highest BCUT2D eigenvalue weighted by Gasteiger charge is 2.27. The maximum Gasteiger partial charge on any atom is 0.441 e. The maximum atomic E-state index is 11.8. The fourth-order valence-electron chi connectivity index (χ4n) is 1.13. The number of nitrogens with one attached hydrogen (secondary N) is 1. The number of benzene rings is 1. The molecular formula is C10H10F3N3S. The lowest BCUT2D eigenvalue weighted by atomic mass is 10.2. The first-order valence-electron chi connectivity index (χ1n) is 4.66. The first-order valence-corrected chi connectivity index (χ1v) is 5.65. The van der Waals surface area contributed by atoms with Crippen molar-refractivity contribution in [2.75, 3.05) is 23.3 Å². The quantitative estimate of drug-likeness (QED) is 0.646. The molecule has 1 aromatic rings. The van der Waals surface area contributed by atoms with Crippen LogP contribution in [0.25, 0.3) is 0 Å². The Balaban J connectivity index is 2.49. The summed E-state index contributed by atoms with van der Waals surface area (Å²) < 4.78 is 35.5. The molecule has 0 aromatic heterocycles. The van der Waals surface area contributed by atoms with Crippen molar-refractivity contribution in [3.8, 4) is 6.07 Å². The number of anilines is 2. The molecule has 0 aliphatic rings. The van der Waals surface area contributed by atoms with Crippen LogP contribution in [0.3, 0.4) is 0 Å². The zero-order valence-electron chi connectivity index (χ0n) is 8.71. The average molecular weight is 261 g/mol. The van der Waals surface area contributed by atoms with Gasteiger partial charge >= 0.3 is 5.51 Å². The van der Waals surface area contributed by atoms with Gasteiger partial charge in [0.05, 0.1) is 23.0 Å². The number of hydrogen-bond donors (Lipinski definition) is 2. The van der Waals surface area contributed by atoms with Crippen molar-refractivity contribution >= 4 is 23.1 Å². The summed E-state index contributed by atoms with van der Waals surface area (Å²) in [5.41, 5.74) is 2.68. The highest BCUT2D eigenvalue weighted by atomic mass is 32.2. The van der Waals surface area contributed by atoms with E-state index in [4.69, 9.17) is 11.0 Å². The van der Waals surface area contributed by atoms with Crippen molar-refractivity contribution in [2.24, 2.45) is 0 Å². The molecule has 0 aliphatic carbocycles. The molecule has 0 amide bonds. The third-order valence-corrected chi connectivity index (χ3v) is 2.60. The van der Waals surface area contributed by atoms with E-state index in [1.54, 1.807) is 6.07 Å². The van der Waals surface area contributed by atoms with E-state index in [2.05, 4.69) is 5.32 Å². The summed E-state index contributed by atoms with van der Waals surface area (Å²) in [6.45, 7) is 0.128. The summed E-state index contributed by atoms with van der Waals surface area (Å²) >= 11 is -0.0997. The van der Waals surface area contributed by atoms with Crippen LogP contribution in [-0.2, 0) is 0 Å². The van der Waals surface area contributed by atoms with Crippen molar-refractivity contribution in [1.29, 1.82) is 5.26 Å². The van der Waals surface area contributed by atoms with Gasteiger partial charge in [-0.1, -0.05) is 0 Å². The Kier molecular flexibility index (Phi) is 4.52. The molecule has 0 unspecified atom stereocenters. The Morgan fingerprint density at radius 2 is 2.12 bits per heavy atom. The molecule has 0 aliphatic heterocycles. The lowest BCUT2D eigenvalue weighted by Gasteiger charge is -2.10. The molecule has 0 fully saturated rings. The van der Waals surface area contributed by atoms with Gasteiger partial charge in [0.1, 0.15) is 0 Å². The fraction of sp³-hybridized carbons (Fsp3) is 0.300. The van der Waals surface area contributed by atoms with Gasteiger partial charge in [-0.05, 0) is 30.0 Å². The minimum atomic E-state index is -4.22. The molecule has 3 N–H and O–H groups in total. The molecule has 1 rings (SSSR count). The molecule has 7 heteroatoms. The number of halogens is 3. The lowest BCUT2D eigenvalue weighted by molar-refractivity contribution is -0.0327. The van der Waals surface area contributed by atoms with Crippen LogP contribution in [0.4, 0.5) is 24.5 Å². The van der Waals surface area contributed by atoms with E-state index in [9.17, 15) is 13.2 Å². The summed E-state index contributed by atoms with van der Waals surface area (Å²) in [7, 11) is 0. The minimum Gasteiger partial charge on any atom is -0.397 e. The monoisotopic (exact) mass is 261 g/mol. The van der Waals surface area contributed by atoms with E-state index in [1.165, 1.54) is 12.1 Å². The number of nitrogens with two attached hydrogens (primary N) is 1. The highest BCUT2D eigenvalue weighted by Crippen LogP contribution is 2.29. The second-order valence-corrected chi connectivity index (χ2v) is 4.29. The first-order chi connectivity index (χ1) is 7.92. The number of nitriles is 1. The van der Waals surface area contributed by atoms with Crippen LogP contribution < -0.4 is 11.1 Å². The minimum absolute atomic E-state index is 0.0997. The highest BCUT2D eigenvalue weighted by molar-refractivity contribution is 8.00. The molecular weight excluding hydrogens is 251 g/mol. The van der Waals surface area contributed by atoms with Crippen LogP contribution in [0.1, 0.15) is 5.56 Å². The molecule has 0 heterocycles. The third kappa shape index (κ3) is 4.87. The molecule has 92 valence electrons. The SMILES string of the molecule is N#Cc1ccc(N)c(NCCSC(F)(F)F)c1. The van der Waals surface area contributed by atoms with E-state index in [-0.39, 0.29) is 24.1 Å². The van der Waals surface area contributed by atoms with Gasteiger partial charge in [0.25, 0.3) is 0 Å². The van der Waals surface area contributed by atoms with Crippen LogP contribution in [-0.4, -0.2) is 17.8 Å². The molecule has 0 spiro atoms. The number of thioether (sulfide) groups is 1. The Morgan fingerprint density at radius 1 is 1.41 bits per heavy atom. The van der Waals surface area contributed by atoms with Crippen LogP contribution >= 0.6 is 11.8 Å². The van der Waals surface area contributed by atoms with E-state index in [0.29, 0.717) is 16.9 Å². The van der Waals surface area contributed by atoms with E-state index >= 15 is 0 Å². The predicted molar refractivity (Wildman–Crippen MR) is 62.6 cm³/mol. The lowest BCUT2D eigenvalue weighted by Crippen LogP contribution is -2.10. The first kappa shape index (κ1) is 13.5. The van der Waals surface area contributed by atoms with Gasteiger partial charge in [-0.3, -0.25) is 0 Å². The average Bonchev–Trinajstić information content (AvgIpc) is 2.25. The Labute approximate surface area is 101 Å². The molecule has 0 atom stereocenters. The predicted octanol–water partition coefficient (Wildman–Crippen LogP) is 2.81. The Hall–Kier alpha value is -1.55. The maximum absolute atomic E-state index is 11.8. The van der Waals surface area contributed by atoms with E-state index < -0.39 is 5.51 Å². The number of alkyl halides is 3. The second-order valence-electron chi connectivity index (χ2n) is 3.13. The fourth-order valence-corrected chi connectivity index (χ4v) is 1.57. The number of nitrogens with zero attached hydrogens (tertiary/aromatic N) is 1. The molecule has 3 nitrogen and oxygen atoms in total. The van der Waals surface area contributed by atoms with Crippen molar-refractivity contribution in [2.45, 2.75) is 5.51 Å². The van der Waals surface area contributed by atoms with Crippen LogP contribution in [0.5, 0.6) is 0 Å². The Morgan fingerprint density at radius 3 is 2.71 bits per heavy atom. The second kappa shape index (κ2) is 5.68. The van der Waals surface area contributed by atoms with Gasteiger partial charge in [0, 0.05) is 12.3 Å². The van der Waals surface area contributed by atoms with E-state index in [0.717, 1.165) is 0 Å². The van der Waals surface area contributed by atoms with Crippen molar-refractivity contribution in [3.63, 3.8) is 0 Å². The number of nitrogen functional groups attached to an aromatic ring is 1. The van der Waals surface area contributed by atoms with Gasteiger partial charge in [-0.15, -0.1) is 0 Å². The van der Waals surface area contributed by atoms with Crippen molar-refractivity contribution in [3.05, 3.63) is 23.8 Å². The summed E-state index contributed by atoms with van der Waals surface area (Å²) in [5, 5.41) is 11.4. The van der Waals surface area contributed by atoms with Crippen LogP contribution in [0.2, 0.25) is 0 Å². The largest absolute Gasteiger partial charge is 0.441 e. The smallest absolute Gasteiger partial charge is 0.397 e. The number of rotatable bonds is 4. The molecule has 1 aromatic carbocycles.